The molecule has 2 aliphatic rings. The van der Waals surface area contributed by atoms with Crippen LogP contribution in [-0.4, -0.2) is 44.2 Å². The van der Waals surface area contributed by atoms with Crippen LogP contribution in [0.25, 0.3) is 0 Å². The van der Waals surface area contributed by atoms with Gasteiger partial charge in [-0.15, -0.1) is 0 Å². The largest absolute Gasteiger partial charge is 0.373 e. The molecule has 0 amide bonds. The van der Waals surface area contributed by atoms with Crippen LogP contribution in [0.15, 0.2) is 47.6 Å². The number of pyridine rings is 1. The molecule has 2 aromatic rings. The fourth-order valence-electron chi connectivity index (χ4n) is 4.47. The number of nitrogens with zero attached hydrogens (tertiary/aromatic N) is 3. The summed E-state index contributed by atoms with van der Waals surface area (Å²) in [5, 5.41) is 6.93. The summed E-state index contributed by atoms with van der Waals surface area (Å²) < 4.78 is 6.15. The molecule has 2 fully saturated rings. The lowest BCUT2D eigenvalue weighted by Gasteiger charge is -2.32. The van der Waals surface area contributed by atoms with Crippen LogP contribution in [0.1, 0.15) is 48.5 Å². The molecule has 2 saturated heterocycles. The van der Waals surface area contributed by atoms with Gasteiger partial charge in [-0.1, -0.05) is 35.9 Å². The number of aromatic nitrogens is 1. The van der Waals surface area contributed by atoms with Gasteiger partial charge in [-0.2, -0.15) is 0 Å². The molecular weight excluding hydrogens is 386 g/mol. The van der Waals surface area contributed by atoms with Crippen LogP contribution in [0.4, 0.5) is 5.82 Å². The minimum atomic E-state index is 0.141. The number of aliphatic imine (C=N–C) groups is 1. The van der Waals surface area contributed by atoms with Gasteiger partial charge in [0.1, 0.15) is 5.82 Å². The first kappa shape index (κ1) is 21.6. The maximum atomic E-state index is 6.15. The zero-order valence-electron chi connectivity index (χ0n) is 18.8. The van der Waals surface area contributed by atoms with Crippen molar-refractivity contribution in [1.82, 2.24) is 15.6 Å². The maximum absolute atomic E-state index is 6.15. The summed E-state index contributed by atoms with van der Waals surface area (Å²) in [6.45, 7) is 6.74. The number of nitrogens with one attached hydrogen (secondary N) is 2. The van der Waals surface area contributed by atoms with Crippen LogP contribution in [0.5, 0.6) is 0 Å². The van der Waals surface area contributed by atoms with Crippen molar-refractivity contribution in [3.8, 4) is 0 Å². The van der Waals surface area contributed by atoms with E-state index in [2.05, 4.69) is 68.8 Å². The molecule has 4 rings (SSSR count). The normalized spacial score (nSPS) is 21.9. The van der Waals surface area contributed by atoms with Gasteiger partial charge >= 0.3 is 0 Å². The molecule has 2 atom stereocenters. The topological polar surface area (TPSA) is 61.8 Å². The van der Waals surface area contributed by atoms with Gasteiger partial charge in [-0.05, 0) is 49.8 Å². The van der Waals surface area contributed by atoms with Crippen LogP contribution in [0, 0.1) is 12.8 Å². The lowest BCUT2D eigenvalue weighted by Crippen LogP contribution is -2.41. The number of hydrogen-bond donors (Lipinski definition) is 2. The molecule has 2 N–H and O–H groups in total. The Morgan fingerprint density at radius 3 is 2.61 bits per heavy atom. The molecule has 0 spiro atoms. The molecule has 2 aliphatic heterocycles. The highest BCUT2D eigenvalue weighted by molar-refractivity contribution is 5.79. The van der Waals surface area contributed by atoms with E-state index in [1.165, 1.54) is 24.0 Å². The van der Waals surface area contributed by atoms with E-state index in [1.54, 1.807) is 0 Å². The van der Waals surface area contributed by atoms with Crippen LogP contribution >= 0.6 is 0 Å². The van der Waals surface area contributed by atoms with Crippen molar-refractivity contribution in [1.29, 1.82) is 0 Å². The van der Waals surface area contributed by atoms with Gasteiger partial charge in [0.05, 0.1) is 6.10 Å². The van der Waals surface area contributed by atoms with Crippen molar-refractivity contribution in [2.24, 2.45) is 10.9 Å². The van der Waals surface area contributed by atoms with Crippen LogP contribution < -0.4 is 15.5 Å². The van der Waals surface area contributed by atoms with E-state index < -0.39 is 0 Å². The molecule has 0 bridgehead atoms. The maximum Gasteiger partial charge on any atom is 0.191 e. The summed E-state index contributed by atoms with van der Waals surface area (Å²) in [7, 11) is 1.82. The highest BCUT2D eigenvalue weighted by Crippen LogP contribution is 2.33. The quantitative estimate of drug-likeness (QED) is 0.548. The molecule has 1 aromatic carbocycles. The van der Waals surface area contributed by atoms with Gasteiger partial charge in [0.15, 0.2) is 5.96 Å². The summed E-state index contributed by atoms with van der Waals surface area (Å²) in [4.78, 5) is 11.4. The van der Waals surface area contributed by atoms with Crippen LogP contribution in [0.2, 0.25) is 0 Å². The van der Waals surface area contributed by atoms with Crippen LogP contribution in [-0.2, 0) is 11.3 Å². The molecule has 166 valence electrons. The first-order valence-electron chi connectivity index (χ1n) is 11.6. The Bertz CT molecular complexity index is 843. The molecule has 6 nitrogen and oxygen atoms in total. The molecule has 3 heterocycles. The Balaban J connectivity index is 1.28. The second-order valence-corrected chi connectivity index (χ2v) is 8.63. The predicted octanol–water partition coefficient (Wildman–Crippen LogP) is 3.82. The summed E-state index contributed by atoms with van der Waals surface area (Å²) >= 11 is 0. The van der Waals surface area contributed by atoms with E-state index in [0.717, 1.165) is 56.4 Å². The number of aryl methyl sites for hydroxylation is 1. The van der Waals surface area contributed by atoms with Crippen molar-refractivity contribution in [2.75, 3.05) is 38.2 Å². The van der Waals surface area contributed by atoms with Gasteiger partial charge < -0.3 is 20.3 Å². The Morgan fingerprint density at radius 1 is 1.10 bits per heavy atom. The number of ether oxygens (including phenoxy) is 1. The number of rotatable bonds is 6. The summed E-state index contributed by atoms with van der Waals surface area (Å²) in [6, 6.07) is 13.0. The second kappa shape index (κ2) is 10.6. The second-order valence-electron chi connectivity index (χ2n) is 8.63. The van der Waals surface area contributed by atoms with E-state index >= 15 is 0 Å². The van der Waals surface area contributed by atoms with Gasteiger partial charge in [-0.3, -0.25) is 4.99 Å². The Labute approximate surface area is 186 Å². The monoisotopic (exact) mass is 421 g/mol. The van der Waals surface area contributed by atoms with Gasteiger partial charge in [0.25, 0.3) is 0 Å². The third kappa shape index (κ3) is 5.76. The number of anilines is 1. The lowest BCUT2D eigenvalue weighted by molar-refractivity contribution is -0.0265. The molecule has 0 aliphatic carbocycles. The smallest absolute Gasteiger partial charge is 0.191 e. The molecule has 31 heavy (non-hydrogen) atoms. The Hall–Kier alpha value is -2.60. The minimum absolute atomic E-state index is 0.141. The Morgan fingerprint density at radius 2 is 1.90 bits per heavy atom. The zero-order chi connectivity index (χ0) is 21.5. The summed E-state index contributed by atoms with van der Waals surface area (Å²) in [5.74, 6) is 2.33. The summed E-state index contributed by atoms with van der Waals surface area (Å²) in [6.07, 6.45) is 6.91. The van der Waals surface area contributed by atoms with Crippen molar-refractivity contribution in [3.05, 3.63) is 59.3 Å². The van der Waals surface area contributed by atoms with Crippen LogP contribution in [0.3, 0.4) is 0 Å². The van der Waals surface area contributed by atoms with Gasteiger partial charge in [0.2, 0.25) is 0 Å². The van der Waals surface area contributed by atoms with Crippen molar-refractivity contribution >= 4 is 11.8 Å². The van der Waals surface area contributed by atoms with Crippen molar-refractivity contribution in [3.63, 3.8) is 0 Å². The molecule has 0 saturated carbocycles. The van der Waals surface area contributed by atoms with Gasteiger partial charge in [-0.25, -0.2) is 4.98 Å². The van der Waals surface area contributed by atoms with Crippen molar-refractivity contribution in [2.45, 2.75) is 45.3 Å². The van der Waals surface area contributed by atoms with E-state index in [1.807, 2.05) is 13.2 Å². The van der Waals surface area contributed by atoms with Crippen molar-refractivity contribution < 1.29 is 4.74 Å². The zero-order valence-corrected chi connectivity index (χ0v) is 18.8. The first-order chi connectivity index (χ1) is 15.2. The third-order valence-electron chi connectivity index (χ3n) is 6.31. The molecule has 0 radical (unpaired) electrons. The third-order valence-corrected chi connectivity index (χ3v) is 6.31. The number of hydrogen-bond acceptors (Lipinski definition) is 4. The average molecular weight is 422 g/mol. The fraction of sp³-hybridized carbons (Fsp3) is 0.520. The number of benzene rings is 1. The SMILES string of the molecule is CN=C(NCc1ccc(N2CCCC2)nc1)NCC1CCCOC1c1ccc(C)cc1. The van der Waals surface area contributed by atoms with E-state index in [9.17, 15) is 0 Å². The van der Waals surface area contributed by atoms with E-state index in [0.29, 0.717) is 12.5 Å². The summed E-state index contributed by atoms with van der Waals surface area (Å²) in [5.41, 5.74) is 3.70. The highest BCUT2D eigenvalue weighted by Gasteiger charge is 2.27. The average Bonchev–Trinajstić information content (AvgIpc) is 3.35. The first-order valence-corrected chi connectivity index (χ1v) is 11.6. The fourth-order valence-corrected chi connectivity index (χ4v) is 4.47. The number of guanidine groups is 1. The minimum Gasteiger partial charge on any atom is -0.373 e. The highest BCUT2D eigenvalue weighted by atomic mass is 16.5. The molecule has 1 aromatic heterocycles. The predicted molar refractivity (Wildman–Crippen MR) is 126 cm³/mol. The molecular formula is C25H35N5O. The lowest BCUT2D eigenvalue weighted by atomic mass is 9.89. The molecule has 6 heteroatoms. The molecule has 2 unspecified atom stereocenters. The van der Waals surface area contributed by atoms with E-state index in [-0.39, 0.29) is 6.10 Å². The van der Waals surface area contributed by atoms with E-state index in [4.69, 9.17) is 4.74 Å². The van der Waals surface area contributed by atoms with Gasteiger partial charge in [0, 0.05) is 51.9 Å². The Kier molecular flexibility index (Phi) is 7.41. The standard InChI is InChI=1S/C25H35N5O/c1-19-7-10-21(11-8-19)24-22(6-5-15-31-24)18-29-25(26-2)28-17-20-9-12-23(27-16-20)30-13-3-4-14-30/h7-12,16,22,24H,3-6,13-15,17-18H2,1-2H3,(H2,26,28,29).